The molecule has 0 unspecified atom stereocenters. The van der Waals surface area contributed by atoms with E-state index in [-0.39, 0.29) is 6.54 Å². The first-order valence-electron chi connectivity index (χ1n) is 4.75. The van der Waals surface area contributed by atoms with E-state index in [1.165, 1.54) is 31.2 Å². The molecule has 0 heterocycles. The third-order valence-electron chi connectivity index (χ3n) is 2.42. The molecule has 2 atom stereocenters. The lowest BCUT2D eigenvalue weighted by Crippen LogP contribution is -2.39. The highest BCUT2D eigenvalue weighted by Crippen LogP contribution is 2.26. The monoisotopic (exact) mass is 215 g/mol. The standard InChI is InChI=1S/C11H15F2NO/c1-11(15,10(13)7-14-2)8-3-5-9(12)6-4-8/h3-6,10,14-15H,7H2,1-2H3/t10-,11-/m1/s1. The van der Waals surface area contributed by atoms with Gasteiger partial charge in [-0.25, -0.2) is 8.78 Å². The van der Waals surface area contributed by atoms with E-state index < -0.39 is 17.6 Å². The average molecular weight is 215 g/mol. The van der Waals surface area contributed by atoms with Gasteiger partial charge in [-0.15, -0.1) is 0 Å². The van der Waals surface area contributed by atoms with E-state index in [0.29, 0.717) is 5.56 Å². The molecule has 4 heteroatoms. The maximum Gasteiger partial charge on any atom is 0.145 e. The van der Waals surface area contributed by atoms with Gasteiger partial charge in [0, 0.05) is 6.54 Å². The molecule has 0 fully saturated rings. The second kappa shape index (κ2) is 4.68. The van der Waals surface area contributed by atoms with Gasteiger partial charge in [0.15, 0.2) is 0 Å². The van der Waals surface area contributed by atoms with Crippen LogP contribution in [0.2, 0.25) is 0 Å². The van der Waals surface area contributed by atoms with Crippen LogP contribution in [0.4, 0.5) is 8.78 Å². The van der Waals surface area contributed by atoms with E-state index in [1.54, 1.807) is 7.05 Å². The molecule has 84 valence electrons. The van der Waals surface area contributed by atoms with Crippen LogP contribution in [-0.2, 0) is 5.60 Å². The van der Waals surface area contributed by atoms with E-state index in [2.05, 4.69) is 5.32 Å². The van der Waals surface area contributed by atoms with Crippen LogP contribution in [0.25, 0.3) is 0 Å². The quantitative estimate of drug-likeness (QED) is 0.799. The van der Waals surface area contributed by atoms with Crippen LogP contribution in [-0.4, -0.2) is 24.9 Å². The summed E-state index contributed by atoms with van der Waals surface area (Å²) < 4.78 is 26.2. The molecule has 15 heavy (non-hydrogen) atoms. The summed E-state index contributed by atoms with van der Waals surface area (Å²) in [6.45, 7) is 1.42. The van der Waals surface area contributed by atoms with Gasteiger partial charge in [-0.05, 0) is 31.7 Å². The van der Waals surface area contributed by atoms with Crippen LogP contribution < -0.4 is 5.32 Å². The normalized spacial score (nSPS) is 17.1. The second-order valence-corrected chi connectivity index (χ2v) is 3.68. The molecule has 0 saturated heterocycles. The number of halogens is 2. The maximum atomic E-state index is 13.6. The predicted octanol–water partition coefficient (Wildman–Crippen LogP) is 1.59. The summed E-state index contributed by atoms with van der Waals surface area (Å²) >= 11 is 0. The zero-order valence-corrected chi connectivity index (χ0v) is 8.80. The van der Waals surface area contributed by atoms with Crippen LogP contribution >= 0.6 is 0 Å². The Morgan fingerprint density at radius 3 is 2.40 bits per heavy atom. The fourth-order valence-corrected chi connectivity index (χ4v) is 1.35. The van der Waals surface area contributed by atoms with Crippen LogP contribution in [0.5, 0.6) is 0 Å². The minimum atomic E-state index is -1.60. The molecule has 0 saturated carbocycles. The fraction of sp³-hybridized carbons (Fsp3) is 0.455. The first kappa shape index (κ1) is 12.1. The van der Waals surface area contributed by atoms with Gasteiger partial charge in [-0.2, -0.15) is 0 Å². The summed E-state index contributed by atoms with van der Waals surface area (Å²) in [5.41, 5.74) is -1.23. The van der Waals surface area contributed by atoms with Crippen LogP contribution in [0.1, 0.15) is 12.5 Å². The van der Waals surface area contributed by atoms with Gasteiger partial charge in [0.2, 0.25) is 0 Å². The smallest absolute Gasteiger partial charge is 0.145 e. The molecule has 0 aromatic heterocycles. The van der Waals surface area contributed by atoms with E-state index in [9.17, 15) is 13.9 Å². The number of aliphatic hydroxyl groups is 1. The number of nitrogens with one attached hydrogen (secondary N) is 1. The van der Waals surface area contributed by atoms with Crippen molar-refractivity contribution in [1.82, 2.24) is 5.32 Å². The molecule has 1 aromatic rings. The number of hydrogen-bond acceptors (Lipinski definition) is 2. The van der Waals surface area contributed by atoms with Crippen molar-refractivity contribution in [3.8, 4) is 0 Å². The van der Waals surface area contributed by atoms with Crippen molar-refractivity contribution in [3.05, 3.63) is 35.6 Å². The first-order valence-corrected chi connectivity index (χ1v) is 4.75. The van der Waals surface area contributed by atoms with Crippen LogP contribution in [0.3, 0.4) is 0 Å². The van der Waals surface area contributed by atoms with Gasteiger partial charge >= 0.3 is 0 Å². The Morgan fingerprint density at radius 2 is 1.93 bits per heavy atom. The van der Waals surface area contributed by atoms with E-state index >= 15 is 0 Å². The SMILES string of the molecule is CNC[C@@H](F)[C@](C)(O)c1ccc(F)cc1. The number of hydrogen-bond donors (Lipinski definition) is 2. The molecule has 0 radical (unpaired) electrons. The molecule has 2 nitrogen and oxygen atoms in total. The summed E-state index contributed by atoms with van der Waals surface area (Å²) in [5, 5.41) is 12.6. The van der Waals surface area contributed by atoms with Crippen molar-refractivity contribution in [2.45, 2.75) is 18.7 Å². The summed E-state index contributed by atoms with van der Waals surface area (Å²) in [4.78, 5) is 0. The Balaban J connectivity index is 2.89. The van der Waals surface area contributed by atoms with Gasteiger partial charge < -0.3 is 10.4 Å². The number of benzene rings is 1. The largest absolute Gasteiger partial charge is 0.382 e. The Hall–Kier alpha value is -1.00. The third kappa shape index (κ3) is 2.73. The Kier molecular flexibility index (Phi) is 3.77. The molecular formula is C11H15F2NO. The molecule has 0 aliphatic rings. The highest BCUT2D eigenvalue weighted by Gasteiger charge is 2.33. The highest BCUT2D eigenvalue weighted by molar-refractivity contribution is 5.23. The van der Waals surface area contributed by atoms with Crippen molar-refractivity contribution >= 4 is 0 Å². The summed E-state index contributed by atoms with van der Waals surface area (Å²) in [5.74, 6) is -0.404. The predicted molar refractivity (Wildman–Crippen MR) is 54.8 cm³/mol. The lowest BCUT2D eigenvalue weighted by Gasteiger charge is -2.27. The van der Waals surface area contributed by atoms with Crippen molar-refractivity contribution in [2.75, 3.05) is 13.6 Å². The maximum absolute atomic E-state index is 13.6. The highest BCUT2D eigenvalue weighted by atomic mass is 19.1. The second-order valence-electron chi connectivity index (χ2n) is 3.68. The van der Waals surface area contributed by atoms with E-state index in [4.69, 9.17) is 0 Å². The Bertz CT molecular complexity index is 311. The fourth-order valence-electron chi connectivity index (χ4n) is 1.35. The minimum Gasteiger partial charge on any atom is -0.382 e. The summed E-state index contributed by atoms with van der Waals surface area (Å²) in [6, 6.07) is 5.18. The van der Waals surface area contributed by atoms with E-state index in [1.807, 2.05) is 0 Å². The Morgan fingerprint density at radius 1 is 1.40 bits per heavy atom. The zero-order chi connectivity index (χ0) is 11.5. The third-order valence-corrected chi connectivity index (χ3v) is 2.42. The number of rotatable bonds is 4. The molecule has 0 spiro atoms. The van der Waals surface area contributed by atoms with E-state index in [0.717, 1.165) is 0 Å². The average Bonchev–Trinajstić information content (AvgIpc) is 2.18. The van der Waals surface area contributed by atoms with Crippen molar-refractivity contribution in [3.63, 3.8) is 0 Å². The molecule has 1 aromatic carbocycles. The van der Waals surface area contributed by atoms with Gasteiger partial charge in [-0.1, -0.05) is 12.1 Å². The lowest BCUT2D eigenvalue weighted by molar-refractivity contribution is -0.0229. The van der Waals surface area contributed by atoms with Crippen LogP contribution in [0, 0.1) is 5.82 Å². The van der Waals surface area contributed by atoms with Crippen molar-refractivity contribution < 1.29 is 13.9 Å². The zero-order valence-electron chi connectivity index (χ0n) is 8.80. The van der Waals surface area contributed by atoms with Crippen LogP contribution in [0.15, 0.2) is 24.3 Å². The summed E-state index contributed by atoms with van der Waals surface area (Å²) in [7, 11) is 1.60. The van der Waals surface area contributed by atoms with Gasteiger partial charge in [0.1, 0.15) is 17.6 Å². The topological polar surface area (TPSA) is 32.3 Å². The molecular weight excluding hydrogens is 200 g/mol. The van der Waals surface area contributed by atoms with Crippen molar-refractivity contribution in [2.24, 2.45) is 0 Å². The van der Waals surface area contributed by atoms with Gasteiger partial charge in [0.25, 0.3) is 0 Å². The molecule has 0 aliphatic heterocycles. The minimum absolute atomic E-state index is 0.0460. The Labute approximate surface area is 87.9 Å². The molecule has 0 bridgehead atoms. The number of alkyl halides is 1. The molecule has 0 aliphatic carbocycles. The molecule has 2 N–H and O–H groups in total. The van der Waals surface area contributed by atoms with Gasteiger partial charge in [0.05, 0.1) is 0 Å². The molecule has 0 amide bonds. The summed E-state index contributed by atoms with van der Waals surface area (Å²) in [6.07, 6.45) is -1.44. The molecule has 1 rings (SSSR count). The van der Waals surface area contributed by atoms with Crippen molar-refractivity contribution in [1.29, 1.82) is 0 Å². The first-order chi connectivity index (χ1) is 6.98. The van der Waals surface area contributed by atoms with Gasteiger partial charge in [-0.3, -0.25) is 0 Å². The lowest BCUT2D eigenvalue weighted by atomic mass is 9.91.